The molecule has 1 atom stereocenters. The maximum absolute atomic E-state index is 13.1. The van der Waals surface area contributed by atoms with Gasteiger partial charge in [-0.2, -0.15) is 0 Å². The van der Waals surface area contributed by atoms with Crippen molar-refractivity contribution >= 4 is 44.2 Å². The van der Waals surface area contributed by atoms with E-state index in [2.05, 4.69) is 15.0 Å². The van der Waals surface area contributed by atoms with Crippen LogP contribution < -0.4 is 9.64 Å². The van der Waals surface area contributed by atoms with Gasteiger partial charge < -0.3 is 9.47 Å². The number of hydrogen-bond donors (Lipinski definition) is 0. The fourth-order valence-electron chi connectivity index (χ4n) is 3.01. The number of amides is 1. The third-order valence-electron chi connectivity index (χ3n) is 4.34. The Morgan fingerprint density at radius 2 is 2.33 bits per heavy atom. The lowest BCUT2D eigenvalue weighted by atomic mass is 10.2. The summed E-state index contributed by atoms with van der Waals surface area (Å²) >= 11 is 7.68. The Kier molecular flexibility index (Phi) is 5.20. The van der Waals surface area contributed by atoms with Crippen LogP contribution in [0.15, 0.2) is 30.7 Å². The number of fused-ring (bicyclic) bond motifs is 1. The van der Waals surface area contributed by atoms with Crippen LogP contribution in [0.4, 0.5) is 5.13 Å². The highest BCUT2D eigenvalue weighted by molar-refractivity contribution is 7.23. The fraction of sp³-hybridized carbons (Fsp3) is 0.333. The van der Waals surface area contributed by atoms with Gasteiger partial charge in [-0.1, -0.05) is 22.9 Å². The summed E-state index contributed by atoms with van der Waals surface area (Å²) in [4.78, 5) is 27.5. The average Bonchev–Trinajstić information content (AvgIpc) is 3.37. The standard InChI is InChI=1S/C18H17ClN4O3S/c1-25-14-5-4-12(19)16-15(14)22-18(27-16)23(10-11-3-2-8-26-11)17(24)13-9-20-6-7-21-13/h4-7,9,11H,2-3,8,10H2,1H3. The molecule has 1 aliphatic heterocycles. The van der Waals surface area contributed by atoms with Crippen LogP contribution in [-0.2, 0) is 4.74 Å². The van der Waals surface area contributed by atoms with Crippen molar-refractivity contribution in [3.8, 4) is 5.75 Å². The summed E-state index contributed by atoms with van der Waals surface area (Å²) in [6, 6.07) is 3.53. The first-order chi connectivity index (χ1) is 13.2. The predicted octanol–water partition coefficient (Wildman–Crippen LogP) is 3.57. The molecule has 140 valence electrons. The minimum Gasteiger partial charge on any atom is -0.494 e. The summed E-state index contributed by atoms with van der Waals surface area (Å²) in [6.45, 7) is 1.10. The highest BCUT2D eigenvalue weighted by Gasteiger charge is 2.28. The van der Waals surface area contributed by atoms with Crippen molar-refractivity contribution in [1.29, 1.82) is 0 Å². The molecule has 0 radical (unpaired) electrons. The summed E-state index contributed by atoms with van der Waals surface area (Å²) in [5.41, 5.74) is 0.891. The second-order valence-corrected chi connectivity index (χ2v) is 7.45. The lowest BCUT2D eigenvalue weighted by Gasteiger charge is -2.22. The van der Waals surface area contributed by atoms with Crippen LogP contribution >= 0.6 is 22.9 Å². The molecule has 1 aliphatic rings. The molecule has 0 saturated carbocycles. The van der Waals surface area contributed by atoms with E-state index in [0.29, 0.717) is 34.6 Å². The minimum atomic E-state index is -0.271. The van der Waals surface area contributed by atoms with Gasteiger partial charge in [0.25, 0.3) is 5.91 Å². The molecule has 0 bridgehead atoms. The molecule has 27 heavy (non-hydrogen) atoms. The molecule has 1 aromatic carbocycles. The first-order valence-electron chi connectivity index (χ1n) is 8.50. The smallest absolute Gasteiger partial charge is 0.280 e. The molecule has 1 fully saturated rings. The number of ether oxygens (including phenoxy) is 2. The van der Waals surface area contributed by atoms with Gasteiger partial charge in [-0.25, -0.2) is 9.97 Å². The molecule has 0 spiro atoms. The zero-order valence-corrected chi connectivity index (χ0v) is 16.2. The van der Waals surface area contributed by atoms with E-state index in [9.17, 15) is 4.79 Å². The maximum Gasteiger partial charge on any atom is 0.280 e. The third-order valence-corrected chi connectivity index (χ3v) is 5.87. The van der Waals surface area contributed by atoms with E-state index in [0.717, 1.165) is 17.5 Å². The Labute approximate surface area is 164 Å². The molecule has 1 saturated heterocycles. The number of carbonyl (C=O) groups is 1. The SMILES string of the molecule is COc1ccc(Cl)c2sc(N(CC3CCCO3)C(=O)c3cnccn3)nc12. The maximum atomic E-state index is 13.1. The Morgan fingerprint density at radius 1 is 1.44 bits per heavy atom. The summed E-state index contributed by atoms with van der Waals surface area (Å²) in [5.74, 6) is 0.341. The molecule has 1 amide bonds. The van der Waals surface area contributed by atoms with Gasteiger partial charge in [0.1, 0.15) is 17.0 Å². The minimum absolute atomic E-state index is 0.0324. The topological polar surface area (TPSA) is 77.4 Å². The quantitative estimate of drug-likeness (QED) is 0.646. The largest absolute Gasteiger partial charge is 0.494 e. The normalized spacial score (nSPS) is 16.6. The van der Waals surface area contributed by atoms with Crippen LogP contribution in [0.3, 0.4) is 0 Å². The van der Waals surface area contributed by atoms with E-state index in [1.54, 1.807) is 24.1 Å². The third kappa shape index (κ3) is 3.60. The zero-order chi connectivity index (χ0) is 18.8. The predicted molar refractivity (Wildman–Crippen MR) is 104 cm³/mol. The summed E-state index contributed by atoms with van der Waals surface area (Å²) in [7, 11) is 1.58. The van der Waals surface area contributed by atoms with Crippen molar-refractivity contribution in [1.82, 2.24) is 15.0 Å². The summed E-state index contributed by atoms with van der Waals surface area (Å²) < 4.78 is 11.9. The molecule has 0 aliphatic carbocycles. The van der Waals surface area contributed by atoms with Crippen molar-refractivity contribution < 1.29 is 14.3 Å². The zero-order valence-electron chi connectivity index (χ0n) is 14.6. The molecular formula is C18H17ClN4O3S. The van der Waals surface area contributed by atoms with Crippen molar-refractivity contribution in [3.05, 3.63) is 41.4 Å². The Morgan fingerprint density at radius 3 is 3.04 bits per heavy atom. The molecule has 7 nitrogen and oxygen atoms in total. The fourth-order valence-corrected chi connectivity index (χ4v) is 4.27. The lowest BCUT2D eigenvalue weighted by molar-refractivity contribution is 0.0913. The number of nitrogens with zero attached hydrogens (tertiary/aromatic N) is 4. The van der Waals surface area contributed by atoms with Crippen molar-refractivity contribution in [2.45, 2.75) is 18.9 Å². The highest BCUT2D eigenvalue weighted by atomic mass is 35.5. The van der Waals surface area contributed by atoms with Crippen LogP contribution in [0.5, 0.6) is 5.75 Å². The van der Waals surface area contributed by atoms with E-state index in [1.807, 2.05) is 0 Å². The van der Waals surface area contributed by atoms with E-state index in [1.165, 1.54) is 29.9 Å². The van der Waals surface area contributed by atoms with Gasteiger partial charge in [0.05, 0.1) is 35.7 Å². The van der Waals surface area contributed by atoms with E-state index in [-0.39, 0.29) is 17.7 Å². The van der Waals surface area contributed by atoms with Crippen LogP contribution in [-0.4, -0.2) is 47.2 Å². The number of thiazole rings is 1. The molecule has 2 aromatic heterocycles. The molecule has 3 heterocycles. The number of anilines is 1. The number of hydrogen-bond acceptors (Lipinski definition) is 7. The molecule has 3 aromatic rings. The number of benzene rings is 1. The van der Waals surface area contributed by atoms with Gasteiger partial charge in [0.15, 0.2) is 5.13 Å². The first kappa shape index (κ1) is 18.1. The van der Waals surface area contributed by atoms with Crippen molar-refractivity contribution in [2.75, 3.05) is 25.2 Å². The van der Waals surface area contributed by atoms with Crippen LogP contribution in [0.2, 0.25) is 5.02 Å². The van der Waals surface area contributed by atoms with Crippen molar-refractivity contribution in [2.24, 2.45) is 0 Å². The van der Waals surface area contributed by atoms with Gasteiger partial charge in [0.2, 0.25) is 0 Å². The molecule has 1 unspecified atom stereocenters. The van der Waals surface area contributed by atoms with E-state index in [4.69, 9.17) is 21.1 Å². The van der Waals surface area contributed by atoms with Crippen molar-refractivity contribution in [3.63, 3.8) is 0 Å². The molecule has 9 heteroatoms. The number of aromatic nitrogens is 3. The second kappa shape index (κ2) is 7.75. The lowest BCUT2D eigenvalue weighted by Crippen LogP contribution is -2.38. The second-order valence-electron chi connectivity index (χ2n) is 6.07. The Hall–Kier alpha value is -2.29. The number of carbonyl (C=O) groups excluding carboxylic acids is 1. The monoisotopic (exact) mass is 404 g/mol. The van der Waals surface area contributed by atoms with Gasteiger partial charge >= 0.3 is 0 Å². The number of rotatable bonds is 5. The molecule has 4 rings (SSSR count). The van der Waals surface area contributed by atoms with Crippen LogP contribution in [0, 0.1) is 0 Å². The van der Waals surface area contributed by atoms with Gasteiger partial charge in [0, 0.05) is 19.0 Å². The Balaban J connectivity index is 1.76. The van der Waals surface area contributed by atoms with Gasteiger partial charge in [-0.3, -0.25) is 14.7 Å². The average molecular weight is 405 g/mol. The van der Waals surface area contributed by atoms with Crippen LogP contribution in [0.25, 0.3) is 10.2 Å². The van der Waals surface area contributed by atoms with E-state index < -0.39 is 0 Å². The van der Waals surface area contributed by atoms with Gasteiger partial charge in [-0.15, -0.1) is 0 Å². The Bertz CT molecular complexity index is 960. The first-order valence-corrected chi connectivity index (χ1v) is 9.69. The summed E-state index contributed by atoms with van der Waals surface area (Å²) in [6.07, 6.45) is 6.33. The van der Waals surface area contributed by atoms with Gasteiger partial charge in [-0.05, 0) is 25.0 Å². The molecular weight excluding hydrogens is 388 g/mol. The number of halogens is 1. The highest BCUT2D eigenvalue weighted by Crippen LogP contribution is 2.39. The van der Waals surface area contributed by atoms with E-state index >= 15 is 0 Å². The number of methoxy groups -OCH3 is 1. The van der Waals surface area contributed by atoms with Crippen LogP contribution in [0.1, 0.15) is 23.3 Å². The summed E-state index contributed by atoms with van der Waals surface area (Å²) in [5, 5.41) is 1.10. The molecule has 0 N–H and O–H groups in total.